The van der Waals surface area contributed by atoms with Crippen LogP contribution in [-0.4, -0.2) is 57.0 Å². The van der Waals surface area contributed by atoms with Crippen molar-refractivity contribution in [1.29, 1.82) is 0 Å². The van der Waals surface area contributed by atoms with E-state index in [0.29, 0.717) is 29.2 Å². The van der Waals surface area contributed by atoms with E-state index in [9.17, 15) is 19.2 Å². The molecule has 0 fully saturated rings. The highest BCUT2D eigenvalue weighted by Gasteiger charge is 2.29. The largest absolute Gasteiger partial charge is 0.497 e. The standard InChI is InChI=1S/C30H42N4O7/c1-8-24(27(35)29(37)31-16-20-13-22(39-5)15-23(14-20)40-6)33-28(36)25(11-18(2)3)34-30(38)32-17-21-10-9-19(4)12-26(21)41-7/h9-10,12-15,18,24-25H,8,11,16-17H2,1-7H3,(H,31,37)(H,33,36)(H2,32,34,38)/t24?,25-/m0/s1. The number of amides is 4. The van der Waals surface area contributed by atoms with Gasteiger partial charge in [0.15, 0.2) is 0 Å². The third-order valence-corrected chi connectivity index (χ3v) is 6.34. The fourth-order valence-electron chi connectivity index (χ4n) is 4.11. The van der Waals surface area contributed by atoms with Crippen molar-refractivity contribution in [2.24, 2.45) is 5.92 Å². The van der Waals surface area contributed by atoms with Crippen molar-refractivity contribution in [3.8, 4) is 17.2 Å². The minimum absolute atomic E-state index is 0.0615. The average Bonchev–Trinajstić information content (AvgIpc) is 2.96. The van der Waals surface area contributed by atoms with Crippen molar-refractivity contribution in [1.82, 2.24) is 21.3 Å². The lowest BCUT2D eigenvalue weighted by atomic mass is 10.0. The SMILES string of the molecule is CCC(NC(=O)[C@H](CC(C)C)NC(=O)NCc1ccc(C)cc1OC)C(=O)C(=O)NCc1cc(OC)cc(OC)c1. The molecule has 4 N–H and O–H groups in total. The minimum atomic E-state index is -1.06. The Balaban J connectivity index is 2.00. The first-order valence-corrected chi connectivity index (χ1v) is 13.5. The topological polar surface area (TPSA) is 144 Å². The molecule has 0 spiro atoms. The molecular weight excluding hydrogens is 528 g/mol. The predicted molar refractivity (Wildman–Crippen MR) is 155 cm³/mol. The van der Waals surface area contributed by atoms with Crippen LogP contribution in [0.3, 0.4) is 0 Å². The number of urea groups is 1. The molecule has 0 aliphatic carbocycles. The molecule has 0 aliphatic rings. The van der Waals surface area contributed by atoms with E-state index in [-0.39, 0.29) is 25.4 Å². The number of ether oxygens (including phenoxy) is 3. The Hall–Kier alpha value is -4.28. The molecule has 224 valence electrons. The molecule has 0 heterocycles. The summed E-state index contributed by atoms with van der Waals surface area (Å²) in [5.74, 6) is -0.356. The quantitative estimate of drug-likeness (QED) is 0.241. The van der Waals surface area contributed by atoms with Gasteiger partial charge in [-0.25, -0.2) is 4.79 Å². The van der Waals surface area contributed by atoms with Crippen LogP contribution >= 0.6 is 0 Å². The van der Waals surface area contributed by atoms with Gasteiger partial charge in [0.25, 0.3) is 5.91 Å². The van der Waals surface area contributed by atoms with Gasteiger partial charge in [0.05, 0.1) is 27.4 Å². The zero-order valence-electron chi connectivity index (χ0n) is 24.9. The Morgan fingerprint density at radius 2 is 1.46 bits per heavy atom. The van der Waals surface area contributed by atoms with Crippen molar-refractivity contribution < 1.29 is 33.4 Å². The van der Waals surface area contributed by atoms with Crippen LogP contribution in [0.5, 0.6) is 17.2 Å². The van der Waals surface area contributed by atoms with Crippen LogP contribution in [-0.2, 0) is 27.5 Å². The molecule has 1 unspecified atom stereocenters. The number of aryl methyl sites for hydroxylation is 1. The normalized spacial score (nSPS) is 12.1. The molecule has 0 aliphatic heterocycles. The molecule has 2 aromatic rings. The number of carbonyl (C=O) groups excluding carboxylic acids is 4. The summed E-state index contributed by atoms with van der Waals surface area (Å²) in [6.45, 7) is 7.72. The monoisotopic (exact) mass is 570 g/mol. The van der Waals surface area contributed by atoms with Gasteiger partial charge in [0, 0.05) is 24.7 Å². The van der Waals surface area contributed by atoms with Crippen LogP contribution in [0.4, 0.5) is 4.79 Å². The summed E-state index contributed by atoms with van der Waals surface area (Å²) in [5.41, 5.74) is 2.49. The maximum atomic E-state index is 13.2. The minimum Gasteiger partial charge on any atom is -0.497 e. The van der Waals surface area contributed by atoms with E-state index >= 15 is 0 Å². The molecular formula is C30H42N4O7. The van der Waals surface area contributed by atoms with Gasteiger partial charge in [-0.3, -0.25) is 14.4 Å². The summed E-state index contributed by atoms with van der Waals surface area (Å²) in [6, 6.07) is 8.26. The van der Waals surface area contributed by atoms with E-state index in [1.807, 2.05) is 39.0 Å². The number of rotatable bonds is 15. The molecule has 2 rings (SSSR count). The second-order valence-electron chi connectivity index (χ2n) is 10.1. The lowest BCUT2D eigenvalue weighted by Gasteiger charge is -2.23. The number of benzene rings is 2. The van der Waals surface area contributed by atoms with Crippen LogP contribution in [0.25, 0.3) is 0 Å². The molecule has 41 heavy (non-hydrogen) atoms. The van der Waals surface area contributed by atoms with Crippen molar-refractivity contribution in [3.63, 3.8) is 0 Å². The van der Waals surface area contributed by atoms with Gasteiger partial charge in [-0.2, -0.15) is 0 Å². The molecule has 0 radical (unpaired) electrons. The Morgan fingerprint density at radius 3 is 2.02 bits per heavy atom. The highest BCUT2D eigenvalue weighted by Crippen LogP contribution is 2.22. The van der Waals surface area contributed by atoms with Gasteiger partial charge in [0.2, 0.25) is 11.7 Å². The number of hydrogen-bond donors (Lipinski definition) is 4. The van der Waals surface area contributed by atoms with Crippen molar-refractivity contribution in [2.45, 2.75) is 65.7 Å². The number of Topliss-reactive ketones (excluding diaryl/α,β-unsaturated/α-hetero) is 1. The molecule has 0 saturated carbocycles. The highest BCUT2D eigenvalue weighted by molar-refractivity contribution is 6.38. The van der Waals surface area contributed by atoms with Crippen molar-refractivity contribution >= 4 is 23.6 Å². The summed E-state index contributed by atoms with van der Waals surface area (Å²) >= 11 is 0. The van der Waals surface area contributed by atoms with Crippen molar-refractivity contribution in [2.75, 3.05) is 21.3 Å². The number of hydrogen-bond acceptors (Lipinski definition) is 7. The molecule has 2 aromatic carbocycles. The zero-order valence-corrected chi connectivity index (χ0v) is 24.9. The zero-order chi connectivity index (χ0) is 30.5. The van der Waals surface area contributed by atoms with E-state index in [2.05, 4.69) is 21.3 Å². The summed E-state index contributed by atoms with van der Waals surface area (Å²) in [6.07, 6.45) is 0.528. The molecule has 11 nitrogen and oxygen atoms in total. The number of ketones is 1. The second kappa shape index (κ2) is 16.1. The lowest BCUT2D eigenvalue weighted by molar-refractivity contribution is -0.140. The Kier molecular flexibility index (Phi) is 12.9. The first kappa shape index (κ1) is 32.9. The van der Waals surface area contributed by atoms with E-state index in [1.165, 1.54) is 14.2 Å². The predicted octanol–water partition coefficient (Wildman–Crippen LogP) is 3.02. The molecule has 0 bridgehead atoms. The smallest absolute Gasteiger partial charge is 0.315 e. The first-order valence-electron chi connectivity index (χ1n) is 13.5. The molecule has 11 heteroatoms. The molecule has 0 aromatic heterocycles. The third kappa shape index (κ3) is 10.3. The van der Waals surface area contributed by atoms with Gasteiger partial charge in [0.1, 0.15) is 23.3 Å². The summed E-state index contributed by atoms with van der Waals surface area (Å²) in [4.78, 5) is 51.4. The average molecular weight is 571 g/mol. The van der Waals surface area contributed by atoms with E-state index in [4.69, 9.17) is 14.2 Å². The van der Waals surface area contributed by atoms with Crippen molar-refractivity contribution in [3.05, 3.63) is 53.1 Å². The summed E-state index contributed by atoms with van der Waals surface area (Å²) in [7, 11) is 4.59. The lowest BCUT2D eigenvalue weighted by Crippen LogP contribution is -2.55. The van der Waals surface area contributed by atoms with Gasteiger partial charge in [-0.05, 0) is 55.0 Å². The summed E-state index contributed by atoms with van der Waals surface area (Å²) < 4.78 is 15.8. The Morgan fingerprint density at radius 1 is 0.805 bits per heavy atom. The Labute approximate surface area is 241 Å². The third-order valence-electron chi connectivity index (χ3n) is 6.34. The van der Waals surface area contributed by atoms with Crippen LogP contribution < -0.4 is 35.5 Å². The number of carbonyl (C=O) groups is 4. The maximum Gasteiger partial charge on any atom is 0.315 e. The van der Waals surface area contributed by atoms with Gasteiger partial charge in [-0.1, -0.05) is 32.9 Å². The van der Waals surface area contributed by atoms with Crippen LogP contribution in [0, 0.1) is 12.8 Å². The fourth-order valence-corrected chi connectivity index (χ4v) is 4.11. The van der Waals surface area contributed by atoms with Crippen LogP contribution in [0.15, 0.2) is 36.4 Å². The van der Waals surface area contributed by atoms with Crippen LogP contribution in [0.1, 0.15) is 50.3 Å². The fraction of sp³-hybridized carbons (Fsp3) is 0.467. The molecule has 4 amide bonds. The number of nitrogens with one attached hydrogen (secondary N) is 4. The first-order chi connectivity index (χ1) is 19.5. The molecule has 0 saturated heterocycles. The van der Waals surface area contributed by atoms with E-state index in [1.54, 1.807) is 32.2 Å². The van der Waals surface area contributed by atoms with Gasteiger partial charge >= 0.3 is 6.03 Å². The second-order valence-corrected chi connectivity index (χ2v) is 10.1. The summed E-state index contributed by atoms with van der Waals surface area (Å²) in [5, 5.41) is 10.7. The van der Waals surface area contributed by atoms with E-state index in [0.717, 1.165) is 11.1 Å². The Bertz CT molecular complexity index is 1190. The highest BCUT2D eigenvalue weighted by atomic mass is 16.5. The van der Waals surface area contributed by atoms with E-state index < -0.39 is 35.7 Å². The number of methoxy groups -OCH3 is 3. The maximum absolute atomic E-state index is 13.2. The van der Waals surface area contributed by atoms with Gasteiger partial charge in [-0.15, -0.1) is 0 Å². The van der Waals surface area contributed by atoms with Gasteiger partial charge < -0.3 is 35.5 Å². The van der Waals surface area contributed by atoms with Crippen LogP contribution in [0.2, 0.25) is 0 Å². The molecule has 2 atom stereocenters.